The van der Waals surface area contributed by atoms with Crippen LogP contribution in [0.1, 0.15) is 71.0 Å². The Hall–Kier alpha value is -3.20. The van der Waals surface area contributed by atoms with Crippen LogP contribution in [0.5, 0.6) is 0 Å². The minimum atomic E-state index is -2.68. The van der Waals surface area contributed by atoms with Crippen molar-refractivity contribution in [3.05, 3.63) is 76.4 Å². The number of carbonyl (C=O) groups excluding carboxylic acids is 1. The van der Waals surface area contributed by atoms with Crippen molar-refractivity contribution in [3.63, 3.8) is 0 Å². The lowest BCUT2D eigenvalue weighted by Crippen LogP contribution is -2.47. The average molecular weight is 498 g/mol. The van der Waals surface area contributed by atoms with Gasteiger partial charge in [-0.15, -0.1) is 10.2 Å². The zero-order valence-corrected chi connectivity index (χ0v) is 20.5. The summed E-state index contributed by atoms with van der Waals surface area (Å²) in [6.07, 6.45) is 1.22. The van der Waals surface area contributed by atoms with Gasteiger partial charge in [0.25, 0.3) is 12.3 Å². The van der Waals surface area contributed by atoms with Gasteiger partial charge in [-0.25, -0.2) is 13.2 Å². The predicted molar refractivity (Wildman–Crippen MR) is 131 cm³/mol. The molecule has 5 rings (SSSR count). The smallest absolute Gasteiger partial charge is 0.264 e. The Morgan fingerprint density at radius 1 is 1.11 bits per heavy atom. The Morgan fingerprint density at radius 3 is 2.58 bits per heavy atom. The van der Waals surface area contributed by atoms with Crippen LogP contribution >= 0.6 is 0 Å². The van der Waals surface area contributed by atoms with Gasteiger partial charge in [0.1, 0.15) is 18.3 Å². The fraction of sp³-hybridized carbons (Fsp3) is 0.444. The Morgan fingerprint density at radius 2 is 1.92 bits per heavy atom. The first-order valence-electron chi connectivity index (χ1n) is 12.3. The zero-order chi connectivity index (χ0) is 25.4. The number of nitrogens with zero attached hydrogens (tertiary/aromatic N) is 4. The van der Waals surface area contributed by atoms with Crippen molar-refractivity contribution in [1.29, 1.82) is 0 Å². The number of benzene rings is 2. The molecule has 0 spiro atoms. The van der Waals surface area contributed by atoms with E-state index in [2.05, 4.69) is 22.4 Å². The minimum Gasteiger partial charge on any atom is -0.321 e. The summed E-state index contributed by atoms with van der Waals surface area (Å²) in [6.45, 7) is 2.64. The predicted octanol–water partition coefficient (Wildman–Crippen LogP) is 5.07. The van der Waals surface area contributed by atoms with Crippen LogP contribution in [-0.4, -0.2) is 32.4 Å². The second-order valence-corrected chi connectivity index (χ2v) is 10.2. The molecule has 1 saturated carbocycles. The Kier molecular flexibility index (Phi) is 6.59. The highest BCUT2D eigenvalue weighted by molar-refractivity contribution is 6.10. The van der Waals surface area contributed by atoms with E-state index in [0.717, 1.165) is 24.8 Å². The van der Waals surface area contributed by atoms with Crippen LogP contribution in [0.3, 0.4) is 0 Å². The van der Waals surface area contributed by atoms with E-state index in [4.69, 9.17) is 0 Å². The number of aryl methyl sites for hydroxylation is 1. The quantitative estimate of drug-likeness (QED) is 0.449. The molecule has 0 saturated heterocycles. The highest BCUT2D eigenvalue weighted by Crippen LogP contribution is 2.37. The number of alkyl halides is 3. The van der Waals surface area contributed by atoms with Crippen LogP contribution in [0.2, 0.25) is 0 Å². The summed E-state index contributed by atoms with van der Waals surface area (Å²) in [4.78, 5) is 14.8. The zero-order valence-electron chi connectivity index (χ0n) is 20.5. The third kappa shape index (κ3) is 4.89. The lowest BCUT2D eigenvalue weighted by molar-refractivity contribution is 0.0996. The third-order valence-electron chi connectivity index (χ3n) is 7.44. The Bertz CT molecular complexity index is 1270. The van der Waals surface area contributed by atoms with E-state index in [-0.39, 0.29) is 36.4 Å². The molecule has 36 heavy (non-hydrogen) atoms. The van der Waals surface area contributed by atoms with Crippen LogP contribution in [0.15, 0.2) is 42.7 Å². The van der Waals surface area contributed by atoms with Crippen LogP contribution < -0.4 is 10.2 Å². The van der Waals surface area contributed by atoms with Gasteiger partial charge in [0.15, 0.2) is 0 Å². The van der Waals surface area contributed by atoms with Gasteiger partial charge in [-0.05, 0) is 67.1 Å². The summed E-state index contributed by atoms with van der Waals surface area (Å²) in [6, 6.07) is 10.3. The van der Waals surface area contributed by atoms with Crippen LogP contribution in [0.25, 0.3) is 0 Å². The number of hydrogen-bond acceptors (Lipinski definition) is 4. The van der Waals surface area contributed by atoms with Gasteiger partial charge >= 0.3 is 0 Å². The second-order valence-electron chi connectivity index (χ2n) is 10.2. The van der Waals surface area contributed by atoms with Crippen molar-refractivity contribution in [2.45, 2.75) is 70.3 Å². The monoisotopic (exact) mass is 497 g/mol. The van der Waals surface area contributed by atoms with Gasteiger partial charge in [-0.1, -0.05) is 12.1 Å². The van der Waals surface area contributed by atoms with Gasteiger partial charge in [0, 0.05) is 48.8 Å². The summed E-state index contributed by atoms with van der Waals surface area (Å²) in [5, 5.41) is 11.2. The number of amides is 1. The van der Waals surface area contributed by atoms with Gasteiger partial charge in [-0.2, -0.15) is 0 Å². The van der Waals surface area contributed by atoms with Crippen molar-refractivity contribution < 1.29 is 18.0 Å². The lowest BCUT2D eigenvalue weighted by atomic mass is 9.78. The largest absolute Gasteiger partial charge is 0.321 e. The molecule has 0 unspecified atom stereocenters. The van der Waals surface area contributed by atoms with Gasteiger partial charge in [0.05, 0.1) is 6.54 Å². The standard InChI is InChI=1S/C27H30F3N5O/c1-27(7-4-8-27)31-14-18-11-21(25(29)30)23-15-35(26(36)22(23)12-18)20-6-3-5-17(10-20)9-19(28)13-24-33-32-16-34(24)2/h3,5-6,10-12,16,19,25,31H,4,7-9,13-15H2,1-2H3/t19-/m0/s1. The van der Waals surface area contributed by atoms with E-state index in [0.29, 0.717) is 34.7 Å². The molecule has 1 N–H and O–H groups in total. The van der Waals surface area contributed by atoms with E-state index in [1.807, 2.05) is 0 Å². The summed E-state index contributed by atoms with van der Waals surface area (Å²) in [7, 11) is 1.77. The SMILES string of the molecule is Cn1cnnc1C[C@@H](F)Cc1cccc(N2Cc3c(cc(CNC4(C)CCC4)cc3C(F)F)C2=O)c1. The van der Waals surface area contributed by atoms with E-state index in [9.17, 15) is 18.0 Å². The molecule has 9 heteroatoms. The second kappa shape index (κ2) is 9.69. The number of hydrogen-bond donors (Lipinski definition) is 1. The topological polar surface area (TPSA) is 63.1 Å². The molecule has 1 fully saturated rings. The maximum absolute atomic E-state index is 14.8. The molecule has 3 aromatic rings. The molecule has 0 bridgehead atoms. The molecule has 1 aromatic heterocycles. The molecular formula is C27H30F3N5O. The number of aromatic nitrogens is 3. The van der Waals surface area contributed by atoms with Gasteiger partial charge < -0.3 is 14.8 Å². The third-order valence-corrected chi connectivity index (χ3v) is 7.44. The molecule has 1 aliphatic carbocycles. The van der Waals surface area contributed by atoms with Crippen molar-refractivity contribution in [3.8, 4) is 0 Å². The number of anilines is 1. The molecule has 0 radical (unpaired) electrons. The molecule has 2 aromatic carbocycles. The molecule has 2 aliphatic rings. The molecule has 1 amide bonds. The van der Waals surface area contributed by atoms with Gasteiger partial charge in [-0.3, -0.25) is 4.79 Å². The first kappa shape index (κ1) is 24.5. The number of nitrogens with one attached hydrogen (secondary N) is 1. The molecule has 190 valence electrons. The van der Waals surface area contributed by atoms with E-state index in [1.165, 1.54) is 17.3 Å². The Labute approximate surface area is 208 Å². The fourth-order valence-corrected chi connectivity index (χ4v) is 5.07. The maximum atomic E-state index is 14.8. The number of carbonyl (C=O) groups is 1. The van der Waals surface area contributed by atoms with Crippen molar-refractivity contribution in [2.24, 2.45) is 7.05 Å². The van der Waals surface area contributed by atoms with E-state index < -0.39 is 12.6 Å². The van der Waals surface area contributed by atoms with Crippen LogP contribution in [-0.2, 0) is 33.0 Å². The van der Waals surface area contributed by atoms with Crippen molar-refractivity contribution >= 4 is 11.6 Å². The number of rotatable bonds is 9. The van der Waals surface area contributed by atoms with E-state index in [1.54, 1.807) is 41.9 Å². The first-order chi connectivity index (χ1) is 17.2. The highest BCUT2D eigenvalue weighted by Gasteiger charge is 2.34. The summed E-state index contributed by atoms with van der Waals surface area (Å²) in [5.41, 5.74) is 2.60. The summed E-state index contributed by atoms with van der Waals surface area (Å²) < 4.78 is 44.4. The molecule has 1 atom stereocenters. The van der Waals surface area contributed by atoms with E-state index >= 15 is 0 Å². The highest BCUT2D eigenvalue weighted by atomic mass is 19.3. The first-order valence-corrected chi connectivity index (χ1v) is 12.3. The van der Waals surface area contributed by atoms with Crippen molar-refractivity contribution in [1.82, 2.24) is 20.1 Å². The Balaban J connectivity index is 1.34. The molecule has 1 aliphatic heterocycles. The van der Waals surface area contributed by atoms with Crippen LogP contribution in [0.4, 0.5) is 18.9 Å². The average Bonchev–Trinajstić information content (AvgIpc) is 3.38. The molecule has 2 heterocycles. The summed E-state index contributed by atoms with van der Waals surface area (Å²) in [5.74, 6) is 0.247. The molecule has 6 nitrogen and oxygen atoms in total. The number of halogens is 3. The lowest BCUT2D eigenvalue weighted by Gasteiger charge is -2.39. The molecular weight excluding hydrogens is 467 g/mol. The summed E-state index contributed by atoms with van der Waals surface area (Å²) >= 11 is 0. The fourth-order valence-electron chi connectivity index (χ4n) is 5.07. The van der Waals surface area contributed by atoms with Crippen molar-refractivity contribution in [2.75, 3.05) is 4.90 Å². The van der Waals surface area contributed by atoms with Crippen LogP contribution in [0, 0.1) is 0 Å². The maximum Gasteiger partial charge on any atom is 0.264 e. The number of fused-ring (bicyclic) bond motifs is 1. The van der Waals surface area contributed by atoms with Gasteiger partial charge in [0.2, 0.25) is 0 Å². The minimum absolute atomic E-state index is 0.0293. The normalized spacial score (nSPS) is 17.4.